The SMILES string of the molecule is C=C(C)C(O)C(C)C(O)C(C)CO. The van der Waals surface area contributed by atoms with E-state index in [9.17, 15) is 10.2 Å². The van der Waals surface area contributed by atoms with Gasteiger partial charge in [-0.1, -0.05) is 26.0 Å². The zero-order valence-corrected chi connectivity index (χ0v) is 8.57. The summed E-state index contributed by atoms with van der Waals surface area (Å²) < 4.78 is 0. The second-order valence-corrected chi connectivity index (χ2v) is 3.80. The van der Waals surface area contributed by atoms with E-state index in [-0.39, 0.29) is 18.4 Å². The highest BCUT2D eigenvalue weighted by Gasteiger charge is 2.26. The van der Waals surface area contributed by atoms with Crippen molar-refractivity contribution in [2.75, 3.05) is 6.61 Å². The molecule has 0 aliphatic carbocycles. The molecule has 4 atom stereocenters. The Hall–Kier alpha value is -0.380. The fraction of sp³-hybridized carbons (Fsp3) is 0.800. The number of hydrogen-bond acceptors (Lipinski definition) is 3. The highest BCUT2D eigenvalue weighted by atomic mass is 16.3. The Labute approximate surface area is 79.7 Å². The van der Waals surface area contributed by atoms with Crippen molar-refractivity contribution in [3.8, 4) is 0 Å². The van der Waals surface area contributed by atoms with Gasteiger partial charge < -0.3 is 15.3 Å². The minimum atomic E-state index is -0.705. The summed E-state index contributed by atoms with van der Waals surface area (Å²) >= 11 is 0. The highest BCUT2D eigenvalue weighted by molar-refractivity contribution is 5.00. The molecule has 78 valence electrons. The van der Waals surface area contributed by atoms with Gasteiger partial charge in [-0.3, -0.25) is 0 Å². The smallest absolute Gasteiger partial charge is 0.0795 e. The first-order chi connectivity index (χ1) is 5.91. The lowest BCUT2D eigenvalue weighted by Crippen LogP contribution is -2.35. The number of rotatable bonds is 5. The summed E-state index contributed by atoms with van der Waals surface area (Å²) in [5.74, 6) is -0.511. The number of hydrogen-bond donors (Lipinski definition) is 3. The lowest BCUT2D eigenvalue weighted by atomic mass is 9.87. The summed E-state index contributed by atoms with van der Waals surface area (Å²) in [7, 11) is 0. The molecule has 13 heavy (non-hydrogen) atoms. The lowest BCUT2D eigenvalue weighted by Gasteiger charge is -2.27. The molecular weight excluding hydrogens is 168 g/mol. The largest absolute Gasteiger partial charge is 0.396 e. The monoisotopic (exact) mass is 188 g/mol. The van der Waals surface area contributed by atoms with E-state index in [4.69, 9.17) is 5.11 Å². The highest BCUT2D eigenvalue weighted by Crippen LogP contribution is 2.19. The molecule has 0 fully saturated rings. The predicted octanol–water partition coefficient (Wildman–Crippen LogP) is 0.549. The van der Waals surface area contributed by atoms with Gasteiger partial charge in [-0.15, -0.1) is 0 Å². The molecular formula is C10H20O3. The van der Waals surface area contributed by atoms with Crippen LogP contribution in [0, 0.1) is 11.8 Å². The van der Waals surface area contributed by atoms with E-state index in [1.54, 1.807) is 20.8 Å². The fourth-order valence-electron chi connectivity index (χ4n) is 1.26. The summed E-state index contributed by atoms with van der Waals surface area (Å²) in [6, 6.07) is 0. The second-order valence-electron chi connectivity index (χ2n) is 3.80. The molecule has 3 N–H and O–H groups in total. The first kappa shape index (κ1) is 12.6. The van der Waals surface area contributed by atoms with Gasteiger partial charge >= 0.3 is 0 Å². The van der Waals surface area contributed by atoms with E-state index in [0.717, 1.165) is 0 Å². The van der Waals surface area contributed by atoms with Crippen LogP contribution in [-0.2, 0) is 0 Å². The molecule has 4 unspecified atom stereocenters. The van der Waals surface area contributed by atoms with Crippen LogP contribution in [0.2, 0.25) is 0 Å². The van der Waals surface area contributed by atoms with Crippen molar-refractivity contribution < 1.29 is 15.3 Å². The van der Waals surface area contributed by atoms with Crippen molar-refractivity contribution in [1.29, 1.82) is 0 Å². The molecule has 0 saturated heterocycles. The van der Waals surface area contributed by atoms with Gasteiger partial charge in [-0.2, -0.15) is 0 Å². The number of aliphatic hydroxyl groups is 3. The molecule has 0 aliphatic rings. The van der Waals surface area contributed by atoms with Crippen LogP contribution in [0.1, 0.15) is 20.8 Å². The topological polar surface area (TPSA) is 60.7 Å². The van der Waals surface area contributed by atoms with Crippen molar-refractivity contribution in [2.45, 2.75) is 33.0 Å². The van der Waals surface area contributed by atoms with E-state index in [0.29, 0.717) is 5.57 Å². The Morgan fingerprint density at radius 2 is 1.77 bits per heavy atom. The van der Waals surface area contributed by atoms with E-state index >= 15 is 0 Å². The van der Waals surface area contributed by atoms with Gasteiger partial charge in [0.1, 0.15) is 0 Å². The molecule has 0 saturated carbocycles. The molecule has 0 aromatic carbocycles. The summed E-state index contributed by atoms with van der Waals surface area (Å²) in [4.78, 5) is 0. The van der Waals surface area contributed by atoms with Gasteiger partial charge in [0.2, 0.25) is 0 Å². The predicted molar refractivity (Wildman–Crippen MR) is 52.2 cm³/mol. The van der Waals surface area contributed by atoms with Crippen molar-refractivity contribution in [2.24, 2.45) is 11.8 Å². The van der Waals surface area contributed by atoms with E-state index in [1.165, 1.54) is 0 Å². The maximum Gasteiger partial charge on any atom is 0.0795 e. The zero-order valence-electron chi connectivity index (χ0n) is 8.57. The van der Waals surface area contributed by atoms with Crippen LogP contribution < -0.4 is 0 Å². The third-order valence-corrected chi connectivity index (χ3v) is 2.41. The van der Waals surface area contributed by atoms with Gasteiger partial charge in [-0.25, -0.2) is 0 Å². The summed E-state index contributed by atoms with van der Waals surface area (Å²) in [6.07, 6.45) is -1.40. The van der Waals surface area contributed by atoms with Crippen LogP contribution in [0.3, 0.4) is 0 Å². The fourth-order valence-corrected chi connectivity index (χ4v) is 1.26. The van der Waals surface area contributed by atoms with E-state index in [2.05, 4.69) is 6.58 Å². The molecule has 0 aliphatic heterocycles. The molecule has 0 heterocycles. The second kappa shape index (κ2) is 5.37. The standard InChI is InChI=1S/C10H20O3/c1-6(2)9(12)8(4)10(13)7(3)5-11/h7-13H,1,5H2,2-4H3. The summed E-state index contributed by atoms with van der Waals surface area (Å²) in [5, 5.41) is 28.0. The van der Waals surface area contributed by atoms with Crippen LogP contribution in [0.5, 0.6) is 0 Å². The maximum atomic E-state index is 9.64. The Balaban J connectivity index is 4.24. The van der Waals surface area contributed by atoms with Crippen LogP contribution in [0.15, 0.2) is 12.2 Å². The van der Waals surface area contributed by atoms with Crippen molar-refractivity contribution in [3.05, 3.63) is 12.2 Å². The molecule has 3 heteroatoms. The van der Waals surface area contributed by atoms with Crippen LogP contribution in [0.25, 0.3) is 0 Å². The third-order valence-electron chi connectivity index (χ3n) is 2.41. The third kappa shape index (κ3) is 3.46. The minimum Gasteiger partial charge on any atom is -0.396 e. The van der Waals surface area contributed by atoms with Gasteiger partial charge in [0.05, 0.1) is 12.2 Å². The van der Waals surface area contributed by atoms with E-state index < -0.39 is 12.2 Å². The van der Waals surface area contributed by atoms with Crippen LogP contribution >= 0.6 is 0 Å². The van der Waals surface area contributed by atoms with Crippen LogP contribution in [0.4, 0.5) is 0 Å². The lowest BCUT2D eigenvalue weighted by molar-refractivity contribution is -0.00734. The molecule has 0 radical (unpaired) electrons. The van der Waals surface area contributed by atoms with Gasteiger partial charge in [-0.05, 0) is 6.92 Å². The van der Waals surface area contributed by atoms with Crippen molar-refractivity contribution in [3.63, 3.8) is 0 Å². The van der Waals surface area contributed by atoms with Gasteiger partial charge in [0, 0.05) is 18.4 Å². The van der Waals surface area contributed by atoms with Gasteiger partial charge in [0.25, 0.3) is 0 Å². The Kier molecular flexibility index (Phi) is 5.21. The quantitative estimate of drug-likeness (QED) is 0.552. The Morgan fingerprint density at radius 3 is 2.08 bits per heavy atom. The summed E-state index contributed by atoms with van der Waals surface area (Å²) in [5.41, 5.74) is 0.636. The minimum absolute atomic E-state index is 0.0750. The summed E-state index contributed by atoms with van der Waals surface area (Å²) in [6.45, 7) is 8.75. The molecule has 0 spiro atoms. The average molecular weight is 188 g/mol. The Bertz CT molecular complexity index is 168. The molecule has 0 aromatic heterocycles. The molecule has 0 aromatic rings. The number of aliphatic hydroxyl groups excluding tert-OH is 3. The first-order valence-corrected chi connectivity index (χ1v) is 4.54. The first-order valence-electron chi connectivity index (χ1n) is 4.54. The van der Waals surface area contributed by atoms with E-state index in [1.807, 2.05) is 0 Å². The zero-order chi connectivity index (χ0) is 10.6. The van der Waals surface area contributed by atoms with Gasteiger partial charge in [0.15, 0.2) is 0 Å². The van der Waals surface area contributed by atoms with Crippen LogP contribution in [-0.4, -0.2) is 34.1 Å². The molecule has 0 bridgehead atoms. The Morgan fingerprint density at radius 1 is 1.31 bits per heavy atom. The average Bonchev–Trinajstić information content (AvgIpc) is 2.12. The van der Waals surface area contributed by atoms with Crippen molar-refractivity contribution >= 4 is 0 Å². The van der Waals surface area contributed by atoms with Crippen molar-refractivity contribution in [1.82, 2.24) is 0 Å². The molecule has 3 nitrogen and oxygen atoms in total. The normalized spacial score (nSPS) is 20.5. The maximum absolute atomic E-state index is 9.64. The molecule has 0 rings (SSSR count). The molecule has 0 amide bonds.